The van der Waals surface area contributed by atoms with E-state index in [-0.39, 0.29) is 17.1 Å². The summed E-state index contributed by atoms with van der Waals surface area (Å²) in [6, 6.07) is 8.68. The lowest BCUT2D eigenvalue weighted by molar-refractivity contribution is -0.141. The summed E-state index contributed by atoms with van der Waals surface area (Å²) in [4.78, 5) is 19.0. The molecule has 1 fully saturated rings. The number of hydrogen-bond acceptors (Lipinski definition) is 4. The van der Waals surface area contributed by atoms with Crippen LogP contribution >= 0.6 is 0 Å². The minimum absolute atomic E-state index is 0.131. The minimum Gasteiger partial charge on any atom is -0.464 e. The maximum atomic E-state index is 13.3. The van der Waals surface area contributed by atoms with Gasteiger partial charge in [0.1, 0.15) is 29.8 Å². The predicted molar refractivity (Wildman–Crippen MR) is 113 cm³/mol. The Bertz CT molecular complexity index is 1280. The van der Waals surface area contributed by atoms with Crippen molar-refractivity contribution in [3.8, 4) is 11.3 Å². The van der Waals surface area contributed by atoms with E-state index in [0.29, 0.717) is 35.3 Å². The van der Waals surface area contributed by atoms with E-state index in [2.05, 4.69) is 10.1 Å². The second-order valence-electron chi connectivity index (χ2n) is 8.06. The molecule has 0 bridgehead atoms. The molecule has 1 saturated heterocycles. The highest BCUT2D eigenvalue weighted by Gasteiger charge is 2.31. The van der Waals surface area contributed by atoms with Gasteiger partial charge < -0.3 is 9.32 Å². The van der Waals surface area contributed by atoms with Crippen LogP contribution in [0.25, 0.3) is 33.1 Å². The molecule has 0 aliphatic carbocycles. The largest absolute Gasteiger partial charge is 0.464 e. The first-order valence-electron chi connectivity index (χ1n) is 10.6. The predicted octanol–water partition coefficient (Wildman–Crippen LogP) is 5.42. The fourth-order valence-corrected chi connectivity index (χ4v) is 4.27. The van der Waals surface area contributed by atoms with Crippen LogP contribution in [0.4, 0.5) is 13.2 Å². The van der Waals surface area contributed by atoms with Crippen LogP contribution in [0.5, 0.6) is 0 Å². The maximum Gasteiger partial charge on any atom is 0.408 e. The molecule has 5 rings (SSSR count). The first kappa shape index (κ1) is 20.5. The molecule has 1 aromatic carbocycles. The third-order valence-electron chi connectivity index (χ3n) is 5.81. The average molecular weight is 442 g/mol. The fraction of sp³-hybridized carbons (Fsp3) is 0.348. The van der Waals surface area contributed by atoms with E-state index in [4.69, 9.17) is 4.42 Å². The minimum atomic E-state index is -4.47. The number of alkyl halides is 3. The topological polar surface area (TPSA) is 64.2 Å². The summed E-state index contributed by atoms with van der Waals surface area (Å²) in [6.45, 7) is -0.000112. The molecule has 1 aliphatic rings. The number of fused-ring (bicyclic) bond motifs is 2. The number of nitrogens with zero attached hydrogens (tertiary/aromatic N) is 4. The van der Waals surface area contributed by atoms with Crippen LogP contribution in [0.2, 0.25) is 0 Å². The van der Waals surface area contributed by atoms with E-state index in [1.165, 1.54) is 18.5 Å². The third kappa shape index (κ3) is 3.83. The monoisotopic (exact) mass is 442 g/mol. The SMILES string of the molecule is O=C(c1cc2c(cn1)c(-c1coc3ccccc13)nn2CC(F)(F)F)N1CCCCCC1. The number of para-hydroxylation sites is 1. The number of amides is 1. The van der Waals surface area contributed by atoms with Crippen LogP contribution in [0.3, 0.4) is 0 Å². The molecule has 9 heteroatoms. The summed E-state index contributed by atoms with van der Waals surface area (Å²) in [5.74, 6) is -0.260. The second-order valence-corrected chi connectivity index (χ2v) is 8.06. The number of hydrogen-bond donors (Lipinski definition) is 0. The number of pyridine rings is 1. The molecule has 4 heterocycles. The fourth-order valence-electron chi connectivity index (χ4n) is 4.27. The lowest BCUT2D eigenvalue weighted by Gasteiger charge is -2.19. The molecule has 1 aliphatic heterocycles. The number of carbonyl (C=O) groups is 1. The van der Waals surface area contributed by atoms with Gasteiger partial charge in [0.15, 0.2) is 0 Å². The second kappa shape index (κ2) is 7.96. The highest BCUT2D eigenvalue weighted by molar-refractivity contribution is 6.03. The molecule has 0 radical (unpaired) electrons. The van der Waals surface area contributed by atoms with Crippen molar-refractivity contribution in [1.82, 2.24) is 19.7 Å². The summed E-state index contributed by atoms with van der Waals surface area (Å²) >= 11 is 0. The van der Waals surface area contributed by atoms with Gasteiger partial charge in [-0.1, -0.05) is 31.0 Å². The first-order chi connectivity index (χ1) is 15.4. The quantitative estimate of drug-likeness (QED) is 0.425. The molecule has 32 heavy (non-hydrogen) atoms. The summed E-state index contributed by atoms with van der Waals surface area (Å²) in [5, 5.41) is 5.45. The van der Waals surface area contributed by atoms with E-state index in [1.807, 2.05) is 18.2 Å². The Labute approximate surface area is 181 Å². The number of likely N-dealkylation sites (tertiary alicyclic amines) is 1. The van der Waals surface area contributed by atoms with Crippen molar-refractivity contribution in [2.24, 2.45) is 0 Å². The third-order valence-corrected chi connectivity index (χ3v) is 5.81. The molecule has 1 amide bonds. The molecular weight excluding hydrogens is 421 g/mol. The number of halogens is 3. The van der Waals surface area contributed by atoms with Gasteiger partial charge in [-0.05, 0) is 25.0 Å². The summed E-state index contributed by atoms with van der Waals surface area (Å²) in [6.07, 6.45) is 2.42. The van der Waals surface area contributed by atoms with Gasteiger partial charge >= 0.3 is 6.18 Å². The molecule has 0 spiro atoms. The number of aromatic nitrogens is 3. The van der Waals surface area contributed by atoms with Gasteiger partial charge in [0.25, 0.3) is 5.91 Å². The molecule has 0 N–H and O–H groups in total. The number of carbonyl (C=O) groups excluding carboxylic acids is 1. The van der Waals surface area contributed by atoms with Crippen LogP contribution in [-0.4, -0.2) is 44.8 Å². The van der Waals surface area contributed by atoms with Crippen LogP contribution in [0.15, 0.2) is 47.2 Å². The van der Waals surface area contributed by atoms with E-state index in [9.17, 15) is 18.0 Å². The average Bonchev–Trinajstić information content (AvgIpc) is 3.21. The Hall–Kier alpha value is -3.36. The molecular formula is C23H21F3N4O2. The molecule has 3 aromatic heterocycles. The Balaban J connectivity index is 1.62. The van der Waals surface area contributed by atoms with Crippen LogP contribution in [0, 0.1) is 0 Å². The van der Waals surface area contributed by atoms with Crippen molar-refractivity contribution in [3.05, 3.63) is 48.5 Å². The van der Waals surface area contributed by atoms with Gasteiger partial charge in [0, 0.05) is 35.6 Å². The zero-order valence-electron chi connectivity index (χ0n) is 17.2. The standard InChI is InChI=1S/C23H21F3N4O2/c24-23(25,26)14-30-19-11-18(22(31)29-9-5-1-2-6-10-29)27-12-16(19)21(28-30)17-13-32-20-8-4-3-7-15(17)20/h3-4,7-8,11-13H,1-2,5-6,9-10,14H2. The van der Waals surface area contributed by atoms with Crippen molar-refractivity contribution in [2.45, 2.75) is 38.4 Å². The van der Waals surface area contributed by atoms with Gasteiger partial charge in [-0.2, -0.15) is 18.3 Å². The Morgan fingerprint density at radius 1 is 1.06 bits per heavy atom. The van der Waals surface area contributed by atoms with Gasteiger partial charge in [-0.3, -0.25) is 14.5 Å². The van der Waals surface area contributed by atoms with Gasteiger partial charge in [0.2, 0.25) is 0 Å². The zero-order valence-corrected chi connectivity index (χ0v) is 17.2. The number of rotatable bonds is 3. The van der Waals surface area contributed by atoms with Crippen LogP contribution in [0.1, 0.15) is 36.2 Å². The van der Waals surface area contributed by atoms with Crippen molar-refractivity contribution >= 4 is 27.8 Å². The lowest BCUT2D eigenvalue weighted by Crippen LogP contribution is -2.32. The normalized spacial score (nSPS) is 15.4. The van der Waals surface area contributed by atoms with E-state index in [0.717, 1.165) is 35.8 Å². The summed E-state index contributed by atoms with van der Waals surface area (Å²) in [5.41, 5.74) is 1.89. The highest BCUT2D eigenvalue weighted by atomic mass is 19.4. The van der Waals surface area contributed by atoms with Gasteiger partial charge in [-0.15, -0.1) is 0 Å². The summed E-state index contributed by atoms with van der Waals surface area (Å²) in [7, 11) is 0. The Morgan fingerprint density at radius 2 is 1.81 bits per heavy atom. The zero-order chi connectivity index (χ0) is 22.3. The molecule has 0 atom stereocenters. The first-order valence-corrected chi connectivity index (χ1v) is 10.6. The van der Waals surface area contributed by atoms with E-state index >= 15 is 0 Å². The van der Waals surface area contributed by atoms with Crippen molar-refractivity contribution in [3.63, 3.8) is 0 Å². The van der Waals surface area contributed by atoms with Crippen molar-refractivity contribution in [1.29, 1.82) is 0 Å². The molecule has 0 unspecified atom stereocenters. The van der Waals surface area contributed by atoms with Gasteiger partial charge in [-0.25, -0.2) is 0 Å². The highest BCUT2D eigenvalue weighted by Crippen LogP contribution is 2.35. The molecule has 0 saturated carbocycles. The molecule has 166 valence electrons. The van der Waals surface area contributed by atoms with Crippen molar-refractivity contribution < 1.29 is 22.4 Å². The number of furan rings is 1. The molecule has 4 aromatic rings. The summed E-state index contributed by atoms with van der Waals surface area (Å²) < 4.78 is 46.4. The van der Waals surface area contributed by atoms with Crippen molar-refractivity contribution in [2.75, 3.05) is 13.1 Å². The lowest BCUT2D eigenvalue weighted by atomic mass is 10.1. The van der Waals surface area contributed by atoms with E-state index < -0.39 is 12.7 Å². The smallest absolute Gasteiger partial charge is 0.408 e. The van der Waals surface area contributed by atoms with E-state index in [1.54, 1.807) is 11.0 Å². The van der Waals surface area contributed by atoms with Crippen LogP contribution in [-0.2, 0) is 6.54 Å². The maximum absolute atomic E-state index is 13.3. The Kier molecular flexibility index (Phi) is 5.11. The van der Waals surface area contributed by atoms with Crippen LogP contribution < -0.4 is 0 Å². The molecule has 6 nitrogen and oxygen atoms in total. The Morgan fingerprint density at radius 3 is 2.56 bits per heavy atom. The number of benzene rings is 1. The van der Waals surface area contributed by atoms with Gasteiger partial charge in [0.05, 0.1) is 5.52 Å².